The van der Waals surface area contributed by atoms with Gasteiger partial charge < -0.3 is 14.7 Å². The molecule has 65 heavy (non-hydrogen) atoms. The molecule has 6 aromatic carbocycles. The van der Waals surface area contributed by atoms with Gasteiger partial charge >= 0.3 is 0 Å². The molecule has 330 valence electrons. The third-order valence-electron chi connectivity index (χ3n) is 14.1. The molecule has 0 spiro atoms. The molecular formula is C60H66BN3S. The Morgan fingerprint density at radius 2 is 1.00 bits per heavy atom. The first kappa shape index (κ1) is 33.0. The molecule has 0 atom stereocenters. The van der Waals surface area contributed by atoms with Gasteiger partial charge in [-0.2, -0.15) is 11.3 Å². The average Bonchev–Trinajstić information content (AvgIpc) is 3.77. The molecule has 7 aromatic rings. The highest BCUT2D eigenvalue weighted by atomic mass is 32.1. The average molecular weight is 882 g/mol. The van der Waals surface area contributed by atoms with Gasteiger partial charge in [0, 0.05) is 49.5 Å². The Morgan fingerprint density at radius 3 is 1.51 bits per heavy atom. The normalized spacial score (nSPS) is 18.3. The van der Waals surface area contributed by atoms with Crippen LogP contribution in [0.3, 0.4) is 0 Å². The van der Waals surface area contributed by atoms with E-state index < -0.39 is 60.4 Å². The van der Waals surface area contributed by atoms with Gasteiger partial charge in [-0.05, 0) is 140 Å². The van der Waals surface area contributed by atoms with Crippen molar-refractivity contribution in [1.82, 2.24) is 0 Å². The van der Waals surface area contributed by atoms with Crippen molar-refractivity contribution in [2.75, 3.05) is 14.7 Å². The zero-order valence-corrected chi connectivity index (χ0v) is 41.1. The summed E-state index contributed by atoms with van der Waals surface area (Å²) in [7, 11) is 0. The molecule has 0 saturated heterocycles. The lowest BCUT2D eigenvalue weighted by Gasteiger charge is -2.46. The van der Waals surface area contributed by atoms with Crippen molar-refractivity contribution >= 4 is 84.9 Å². The number of anilines is 9. The molecule has 0 amide bonds. The van der Waals surface area contributed by atoms with Gasteiger partial charge in [-0.1, -0.05) is 163 Å². The van der Waals surface area contributed by atoms with Gasteiger partial charge in [0.25, 0.3) is 6.71 Å². The van der Waals surface area contributed by atoms with Crippen LogP contribution >= 0.6 is 11.3 Å². The number of thiophene rings is 1. The standard InChI is InChI=1S/C60H66BN3S/c1-56(2,3)39-24-29-44(30-25-39)63-48-33-28-41(58(7,8)9)36-47(48)61-52-49(63)37-46(62(42-20-16-14-17-21-42)43-22-18-15-19-23-43)38-50(52)64(45-31-26-40(27-32-45)57(4,5)6)53-51-54(65-55(53)61)60(12,13)35-34-59(51,10)11/h14-33,36-38H,34-35H2,1-13H3/i14D,15D,16D,17D,18D,19D,20D,21D,22D,23D. The molecule has 10 rings (SSSR count). The molecule has 0 saturated carbocycles. The summed E-state index contributed by atoms with van der Waals surface area (Å²) in [6, 6.07) is 22.0. The minimum absolute atomic E-state index is 0.141. The Hall–Kier alpha value is -5.52. The second-order valence-electron chi connectivity index (χ2n) is 22.7. The summed E-state index contributed by atoms with van der Waals surface area (Å²) in [6.07, 6.45) is 1.96. The van der Waals surface area contributed by atoms with Crippen molar-refractivity contribution in [3.8, 4) is 0 Å². The van der Waals surface area contributed by atoms with E-state index in [-0.39, 0.29) is 50.8 Å². The van der Waals surface area contributed by atoms with E-state index in [0.717, 1.165) is 69.0 Å². The Balaban J connectivity index is 1.44. The van der Waals surface area contributed by atoms with Crippen LogP contribution in [0.4, 0.5) is 51.2 Å². The second kappa shape index (κ2) is 15.0. The van der Waals surface area contributed by atoms with Gasteiger partial charge in [0.1, 0.15) is 0 Å². The highest BCUT2D eigenvalue weighted by molar-refractivity contribution is 7.29. The second-order valence-corrected chi connectivity index (χ2v) is 23.7. The maximum atomic E-state index is 9.52. The molecule has 5 heteroatoms. The van der Waals surface area contributed by atoms with E-state index in [1.807, 2.05) is 23.5 Å². The molecule has 1 aliphatic carbocycles. The monoisotopic (exact) mass is 882 g/mol. The Morgan fingerprint density at radius 1 is 0.538 bits per heavy atom. The Labute approximate surface area is 408 Å². The molecule has 0 bridgehead atoms. The molecule has 0 fully saturated rings. The minimum atomic E-state index is -0.619. The Bertz CT molecular complexity index is 3400. The number of rotatable bonds is 5. The van der Waals surface area contributed by atoms with Gasteiger partial charge in [-0.3, -0.25) is 0 Å². The summed E-state index contributed by atoms with van der Waals surface area (Å²) in [4.78, 5) is 7.27. The number of hydrogen-bond donors (Lipinski definition) is 0. The van der Waals surface area contributed by atoms with E-state index in [4.69, 9.17) is 8.22 Å². The summed E-state index contributed by atoms with van der Waals surface area (Å²) in [5.41, 5.74) is 10.8. The largest absolute Gasteiger partial charge is 0.311 e. The zero-order valence-electron chi connectivity index (χ0n) is 50.2. The first-order valence-corrected chi connectivity index (χ1v) is 23.8. The summed E-state index contributed by atoms with van der Waals surface area (Å²) in [5.74, 6) is 0. The van der Waals surface area contributed by atoms with Gasteiger partial charge in [0.05, 0.1) is 25.1 Å². The summed E-state index contributed by atoms with van der Waals surface area (Å²) in [5, 5.41) is 0. The maximum Gasteiger partial charge on any atom is 0.264 e. The van der Waals surface area contributed by atoms with Crippen LogP contribution in [0.2, 0.25) is 0 Å². The Kier molecular flexibility index (Phi) is 7.63. The minimum Gasteiger partial charge on any atom is -0.311 e. The highest BCUT2D eigenvalue weighted by Gasteiger charge is 2.51. The van der Waals surface area contributed by atoms with Crippen molar-refractivity contribution in [2.45, 2.75) is 130 Å². The van der Waals surface area contributed by atoms with Gasteiger partial charge in [0.15, 0.2) is 0 Å². The molecule has 3 nitrogen and oxygen atoms in total. The molecule has 0 N–H and O–H groups in total. The molecule has 3 heterocycles. The quantitative estimate of drug-likeness (QED) is 0.160. The third kappa shape index (κ3) is 7.25. The van der Waals surface area contributed by atoms with Crippen LogP contribution in [0.15, 0.2) is 139 Å². The van der Waals surface area contributed by atoms with Crippen LogP contribution in [0.25, 0.3) is 0 Å². The van der Waals surface area contributed by atoms with Gasteiger partial charge in [-0.15, -0.1) is 0 Å². The smallest absolute Gasteiger partial charge is 0.264 e. The fourth-order valence-corrected chi connectivity index (χ4v) is 11.9. The third-order valence-corrected chi connectivity index (χ3v) is 15.7. The van der Waals surface area contributed by atoms with E-state index in [0.29, 0.717) is 0 Å². The number of nitrogens with zero attached hydrogens (tertiary/aromatic N) is 3. The van der Waals surface area contributed by atoms with Gasteiger partial charge in [0.2, 0.25) is 0 Å². The van der Waals surface area contributed by atoms with Crippen molar-refractivity contribution in [3.63, 3.8) is 0 Å². The topological polar surface area (TPSA) is 9.72 Å². The van der Waals surface area contributed by atoms with E-state index in [9.17, 15) is 5.48 Å². The molecule has 0 radical (unpaired) electrons. The SMILES string of the molecule is [2H]c1c([2H])c([2H])c(N(c2cc3c4c(c2)N(c2ccc(C(C)(C)C)cc2)c2c(sc5c2C(C)(C)CCC5(C)C)B4c2cc(C(C)(C)C)ccc2N3c2ccc(C(C)(C)C)cc2)c2c([2H])c([2H])c([2H])c([2H])c2[2H])c([2H])c1[2H]. The van der Waals surface area contributed by atoms with Crippen LogP contribution in [0.1, 0.15) is 144 Å². The molecule has 1 aromatic heterocycles. The highest BCUT2D eigenvalue weighted by Crippen LogP contribution is 2.57. The number of para-hydroxylation sites is 2. The van der Waals surface area contributed by atoms with Crippen LogP contribution in [-0.2, 0) is 27.1 Å². The number of benzene rings is 6. The summed E-state index contributed by atoms with van der Waals surface area (Å²) < 4.78 is 92.5. The predicted octanol–water partition coefficient (Wildman–Crippen LogP) is 15.5. The van der Waals surface area contributed by atoms with Crippen LogP contribution in [0.5, 0.6) is 0 Å². The first-order chi connectivity index (χ1) is 34.8. The van der Waals surface area contributed by atoms with Crippen LogP contribution < -0.4 is 30.4 Å². The lowest BCUT2D eigenvalue weighted by atomic mass is 9.35. The van der Waals surface area contributed by atoms with E-state index in [1.165, 1.54) is 25.7 Å². The van der Waals surface area contributed by atoms with Crippen LogP contribution in [0, 0.1) is 0 Å². The maximum absolute atomic E-state index is 9.52. The molecule has 2 aliphatic heterocycles. The zero-order chi connectivity index (χ0) is 54.7. The lowest BCUT2D eigenvalue weighted by molar-refractivity contribution is 0.339. The number of fused-ring (bicyclic) bond motifs is 6. The predicted molar refractivity (Wildman–Crippen MR) is 284 cm³/mol. The van der Waals surface area contributed by atoms with Crippen molar-refractivity contribution in [3.05, 3.63) is 166 Å². The summed E-state index contributed by atoms with van der Waals surface area (Å²) in [6.45, 7) is 29.0. The lowest BCUT2D eigenvalue weighted by Crippen LogP contribution is -2.61. The van der Waals surface area contributed by atoms with Crippen molar-refractivity contribution < 1.29 is 13.7 Å². The van der Waals surface area contributed by atoms with E-state index in [2.05, 4.69) is 167 Å². The van der Waals surface area contributed by atoms with Crippen molar-refractivity contribution in [1.29, 1.82) is 0 Å². The fourth-order valence-electron chi connectivity index (χ4n) is 10.2. The van der Waals surface area contributed by atoms with Gasteiger partial charge in [-0.25, -0.2) is 0 Å². The fraction of sp³-hybridized carbons (Fsp3) is 0.333. The molecule has 3 aliphatic rings. The van der Waals surface area contributed by atoms with Crippen LogP contribution in [-0.4, -0.2) is 6.71 Å². The first-order valence-electron chi connectivity index (χ1n) is 28.0. The molecule has 0 unspecified atom stereocenters. The molecular weight excluding hydrogens is 806 g/mol. The summed E-state index contributed by atoms with van der Waals surface area (Å²) >= 11 is 1.90. The van der Waals surface area contributed by atoms with E-state index in [1.54, 1.807) is 0 Å². The van der Waals surface area contributed by atoms with Crippen molar-refractivity contribution in [2.24, 2.45) is 0 Å². The number of hydrogen-bond acceptors (Lipinski definition) is 4. The van der Waals surface area contributed by atoms with E-state index >= 15 is 0 Å².